The summed E-state index contributed by atoms with van der Waals surface area (Å²) in [5.74, 6) is 0.445. The molecule has 1 heterocycles. The van der Waals surface area contributed by atoms with E-state index in [0.717, 1.165) is 18.7 Å². The molecule has 0 bridgehead atoms. The number of hydrogen-bond acceptors (Lipinski definition) is 2. The number of likely N-dealkylation sites (tertiary alicyclic amines) is 1. The molecular formula is C13H15FN2. The van der Waals surface area contributed by atoms with Crippen molar-refractivity contribution in [3.63, 3.8) is 0 Å². The number of halogens is 1. The summed E-state index contributed by atoms with van der Waals surface area (Å²) in [5.41, 5.74) is 1.39. The Morgan fingerprint density at radius 1 is 1.56 bits per heavy atom. The third kappa shape index (κ3) is 2.40. The van der Waals surface area contributed by atoms with E-state index in [4.69, 9.17) is 5.26 Å². The fourth-order valence-electron chi connectivity index (χ4n) is 2.21. The zero-order chi connectivity index (χ0) is 11.5. The van der Waals surface area contributed by atoms with Gasteiger partial charge in [-0.15, -0.1) is 0 Å². The molecule has 2 rings (SSSR count). The van der Waals surface area contributed by atoms with Crippen LogP contribution in [0.5, 0.6) is 0 Å². The zero-order valence-electron chi connectivity index (χ0n) is 9.41. The SMILES string of the molecule is CC1CCN(Cc2cc(F)ccc2C#N)C1. The lowest BCUT2D eigenvalue weighted by Crippen LogP contribution is -2.20. The van der Waals surface area contributed by atoms with Crippen molar-refractivity contribution >= 4 is 0 Å². The highest BCUT2D eigenvalue weighted by atomic mass is 19.1. The topological polar surface area (TPSA) is 27.0 Å². The normalized spacial score (nSPS) is 20.9. The minimum atomic E-state index is -0.263. The van der Waals surface area contributed by atoms with Crippen molar-refractivity contribution in [2.45, 2.75) is 19.9 Å². The van der Waals surface area contributed by atoms with Crippen LogP contribution in [0.2, 0.25) is 0 Å². The standard InChI is InChI=1S/C13H15FN2/c1-10-4-5-16(8-10)9-12-6-13(14)3-2-11(12)7-15/h2-3,6,10H,4-5,8-9H2,1H3. The summed E-state index contributed by atoms with van der Waals surface area (Å²) in [4.78, 5) is 2.28. The van der Waals surface area contributed by atoms with Crippen LogP contribution in [0.4, 0.5) is 4.39 Å². The number of hydrogen-bond donors (Lipinski definition) is 0. The fraction of sp³-hybridized carbons (Fsp3) is 0.462. The Morgan fingerprint density at radius 2 is 2.38 bits per heavy atom. The van der Waals surface area contributed by atoms with Gasteiger partial charge in [-0.25, -0.2) is 4.39 Å². The number of nitrogens with zero attached hydrogens (tertiary/aromatic N) is 2. The second kappa shape index (κ2) is 4.63. The maximum atomic E-state index is 13.1. The molecule has 1 fully saturated rings. The quantitative estimate of drug-likeness (QED) is 0.762. The summed E-state index contributed by atoms with van der Waals surface area (Å²) < 4.78 is 13.1. The van der Waals surface area contributed by atoms with Crippen LogP contribution < -0.4 is 0 Å². The summed E-state index contributed by atoms with van der Waals surface area (Å²) in [5, 5.41) is 8.94. The summed E-state index contributed by atoms with van der Waals surface area (Å²) in [6.07, 6.45) is 1.19. The molecule has 3 heteroatoms. The van der Waals surface area contributed by atoms with Crippen LogP contribution >= 0.6 is 0 Å². The van der Waals surface area contributed by atoms with Crippen LogP contribution in [0, 0.1) is 23.1 Å². The third-order valence-electron chi connectivity index (χ3n) is 3.09. The van der Waals surface area contributed by atoms with Crippen LogP contribution in [-0.2, 0) is 6.54 Å². The Bertz CT molecular complexity index is 422. The molecule has 84 valence electrons. The summed E-state index contributed by atoms with van der Waals surface area (Å²) >= 11 is 0. The minimum Gasteiger partial charge on any atom is -0.299 e. The molecule has 0 N–H and O–H groups in total. The second-order valence-electron chi connectivity index (χ2n) is 4.54. The Balaban J connectivity index is 2.14. The fourth-order valence-corrected chi connectivity index (χ4v) is 2.21. The zero-order valence-corrected chi connectivity index (χ0v) is 9.41. The van der Waals surface area contributed by atoms with Crippen molar-refractivity contribution < 1.29 is 4.39 Å². The Morgan fingerprint density at radius 3 is 3.00 bits per heavy atom. The van der Waals surface area contributed by atoms with E-state index in [1.165, 1.54) is 18.6 Å². The molecule has 1 atom stereocenters. The van der Waals surface area contributed by atoms with Crippen molar-refractivity contribution in [3.05, 3.63) is 35.1 Å². The first-order valence-corrected chi connectivity index (χ1v) is 5.60. The largest absolute Gasteiger partial charge is 0.299 e. The van der Waals surface area contributed by atoms with Gasteiger partial charge in [0.05, 0.1) is 11.6 Å². The second-order valence-corrected chi connectivity index (χ2v) is 4.54. The predicted octanol–water partition coefficient (Wildman–Crippen LogP) is 2.54. The van der Waals surface area contributed by atoms with Gasteiger partial charge in [0.15, 0.2) is 0 Å². The van der Waals surface area contributed by atoms with Crippen molar-refractivity contribution in [1.82, 2.24) is 4.90 Å². The van der Waals surface area contributed by atoms with Gasteiger partial charge in [-0.1, -0.05) is 6.92 Å². The molecule has 0 aliphatic carbocycles. The van der Waals surface area contributed by atoms with Gasteiger partial charge in [-0.05, 0) is 42.6 Å². The van der Waals surface area contributed by atoms with Gasteiger partial charge >= 0.3 is 0 Å². The highest BCUT2D eigenvalue weighted by molar-refractivity contribution is 5.37. The van der Waals surface area contributed by atoms with E-state index in [1.807, 2.05) is 0 Å². The van der Waals surface area contributed by atoms with Crippen LogP contribution in [0.15, 0.2) is 18.2 Å². The first-order chi connectivity index (χ1) is 7.69. The molecule has 1 unspecified atom stereocenters. The van der Waals surface area contributed by atoms with Gasteiger partial charge in [-0.3, -0.25) is 4.90 Å². The molecule has 1 aliphatic heterocycles. The highest BCUT2D eigenvalue weighted by Gasteiger charge is 2.19. The number of nitriles is 1. The van der Waals surface area contributed by atoms with E-state index >= 15 is 0 Å². The molecule has 1 aliphatic rings. The number of benzene rings is 1. The molecule has 1 aromatic rings. The third-order valence-corrected chi connectivity index (χ3v) is 3.09. The first kappa shape index (κ1) is 11.1. The molecule has 0 amide bonds. The molecule has 1 saturated heterocycles. The predicted molar refractivity (Wildman–Crippen MR) is 60.2 cm³/mol. The van der Waals surface area contributed by atoms with Gasteiger partial charge in [0, 0.05) is 13.1 Å². The van der Waals surface area contributed by atoms with Gasteiger partial charge in [0.1, 0.15) is 5.82 Å². The van der Waals surface area contributed by atoms with Gasteiger partial charge < -0.3 is 0 Å². The molecule has 16 heavy (non-hydrogen) atoms. The molecule has 0 saturated carbocycles. The summed E-state index contributed by atoms with van der Waals surface area (Å²) in [7, 11) is 0. The smallest absolute Gasteiger partial charge is 0.123 e. The first-order valence-electron chi connectivity index (χ1n) is 5.60. The molecule has 2 nitrogen and oxygen atoms in total. The van der Waals surface area contributed by atoms with Crippen molar-refractivity contribution in [3.8, 4) is 6.07 Å². The van der Waals surface area contributed by atoms with E-state index < -0.39 is 0 Å². The van der Waals surface area contributed by atoms with Crippen molar-refractivity contribution in [2.24, 2.45) is 5.92 Å². The van der Waals surface area contributed by atoms with E-state index in [0.29, 0.717) is 18.0 Å². The van der Waals surface area contributed by atoms with Gasteiger partial charge in [0.2, 0.25) is 0 Å². The highest BCUT2D eigenvalue weighted by Crippen LogP contribution is 2.20. The van der Waals surface area contributed by atoms with Gasteiger partial charge in [-0.2, -0.15) is 5.26 Å². The van der Waals surface area contributed by atoms with Gasteiger partial charge in [0.25, 0.3) is 0 Å². The lowest BCUT2D eigenvalue weighted by molar-refractivity contribution is 0.319. The van der Waals surface area contributed by atoms with Crippen molar-refractivity contribution in [2.75, 3.05) is 13.1 Å². The molecule has 1 aromatic carbocycles. The minimum absolute atomic E-state index is 0.263. The van der Waals surface area contributed by atoms with E-state index in [9.17, 15) is 4.39 Å². The van der Waals surface area contributed by atoms with Crippen LogP contribution in [-0.4, -0.2) is 18.0 Å². The lowest BCUT2D eigenvalue weighted by Gasteiger charge is -2.16. The molecule has 0 spiro atoms. The summed E-state index contributed by atoms with van der Waals surface area (Å²) in [6.45, 7) is 4.99. The average Bonchev–Trinajstić information content (AvgIpc) is 2.64. The molecule has 0 radical (unpaired) electrons. The monoisotopic (exact) mass is 218 g/mol. The Labute approximate surface area is 95.3 Å². The average molecular weight is 218 g/mol. The Hall–Kier alpha value is -1.40. The van der Waals surface area contributed by atoms with E-state index in [1.54, 1.807) is 6.07 Å². The van der Waals surface area contributed by atoms with Crippen molar-refractivity contribution in [1.29, 1.82) is 5.26 Å². The summed E-state index contributed by atoms with van der Waals surface area (Å²) in [6, 6.07) is 6.49. The Kier molecular flexibility index (Phi) is 3.21. The maximum Gasteiger partial charge on any atom is 0.123 e. The van der Waals surface area contributed by atoms with E-state index in [-0.39, 0.29) is 5.82 Å². The van der Waals surface area contributed by atoms with E-state index in [2.05, 4.69) is 17.9 Å². The maximum absolute atomic E-state index is 13.1. The number of rotatable bonds is 2. The molecular weight excluding hydrogens is 203 g/mol. The van der Waals surface area contributed by atoms with Crippen LogP contribution in [0.1, 0.15) is 24.5 Å². The van der Waals surface area contributed by atoms with Crippen LogP contribution in [0.3, 0.4) is 0 Å². The lowest BCUT2D eigenvalue weighted by atomic mass is 10.1. The molecule has 0 aromatic heterocycles. The van der Waals surface area contributed by atoms with Crippen LogP contribution in [0.25, 0.3) is 0 Å².